The van der Waals surface area contributed by atoms with E-state index in [0.29, 0.717) is 16.9 Å². The molecule has 5 rings (SSSR count). The van der Waals surface area contributed by atoms with Crippen molar-refractivity contribution in [3.05, 3.63) is 59.1 Å². The second-order valence-electron chi connectivity index (χ2n) is 10.8. The summed E-state index contributed by atoms with van der Waals surface area (Å²) in [6.07, 6.45) is -1.21. The summed E-state index contributed by atoms with van der Waals surface area (Å²) < 4.78 is 82.6. The van der Waals surface area contributed by atoms with Crippen LogP contribution in [0.5, 0.6) is 0 Å². The molecule has 2 atom stereocenters. The Morgan fingerprint density at radius 2 is 1.85 bits per heavy atom. The highest BCUT2D eigenvalue weighted by atomic mass is 19.4. The maximum Gasteiger partial charge on any atom is 0.389 e. The van der Waals surface area contributed by atoms with Crippen LogP contribution in [0.15, 0.2) is 30.7 Å². The number of imidazole rings is 1. The molecule has 0 bridgehead atoms. The molecule has 0 aliphatic heterocycles. The number of carbonyl (C=O) groups excluding carboxylic acids is 2. The number of nitrogens with one attached hydrogen (secondary N) is 1. The molecule has 3 aromatic rings. The number of hydrogen-bond acceptors (Lipinski definition) is 5. The third-order valence-corrected chi connectivity index (χ3v) is 7.79. The highest BCUT2D eigenvalue weighted by Gasteiger charge is 2.41. The number of halogens is 6. The number of carbonyl (C=O) groups is 2. The predicted molar refractivity (Wildman–Crippen MR) is 133 cm³/mol. The Balaban J connectivity index is 1.48. The van der Waals surface area contributed by atoms with E-state index in [-0.39, 0.29) is 30.0 Å². The summed E-state index contributed by atoms with van der Waals surface area (Å²) in [5, 5.41) is 7.03. The Labute approximate surface area is 230 Å². The maximum atomic E-state index is 15.5. The lowest BCUT2D eigenvalue weighted by atomic mass is 9.75. The summed E-state index contributed by atoms with van der Waals surface area (Å²) in [6.45, 7) is 0. The molecule has 3 N–H and O–H groups in total. The zero-order valence-corrected chi connectivity index (χ0v) is 21.8. The Hall–Kier alpha value is -3.71. The first-order valence-electron chi connectivity index (χ1n) is 13.3. The minimum Gasteiger partial charge on any atom is -0.366 e. The largest absolute Gasteiger partial charge is 0.389 e. The number of hydrogen-bond donors (Lipinski definition) is 2. The molecule has 0 radical (unpaired) electrons. The summed E-state index contributed by atoms with van der Waals surface area (Å²) in [5.41, 5.74) is 5.98. The zero-order valence-electron chi connectivity index (χ0n) is 21.8. The lowest BCUT2D eigenvalue weighted by Gasteiger charge is -2.33. The minimum atomic E-state index is -4.45. The summed E-state index contributed by atoms with van der Waals surface area (Å²) in [4.78, 5) is 32.8. The first-order chi connectivity index (χ1) is 19.3. The fourth-order valence-electron chi connectivity index (χ4n) is 5.50. The topological polar surface area (TPSA) is 115 Å². The van der Waals surface area contributed by atoms with Crippen LogP contribution in [0.25, 0.3) is 5.65 Å². The second-order valence-corrected chi connectivity index (χ2v) is 10.8. The van der Waals surface area contributed by atoms with Gasteiger partial charge >= 0.3 is 6.18 Å². The summed E-state index contributed by atoms with van der Waals surface area (Å²) >= 11 is 0. The van der Waals surface area contributed by atoms with Crippen LogP contribution in [0.2, 0.25) is 0 Å². The SMILES string of the molecule is NC(=O)c1ccnc([C@H](c2cn3ncc([C@H](NC(=O)CCC(F)(F)F)C4CC4)cc3n2)C2CCC(F)(F)CC2)c1F. The predicted octanol–water partition coefficient (Wildman–Crippen LogP) is 5.23. The lowest BCUT2D eigenvalue weighted by Crippen LogP contribution is -2.30. The average Bonchev–Trinajstić information content (AvgIpc) is 3.65. The Bertz CT molecular complexity index is 1440. The van der Waals surface area contributed by atoms with Crippen LogP contribution >= 0.6 is 0 Å². The minimum absolute atomic E-state index is 0.0370. The Kier molecular flexibility index (Phi) is 7.68. The van der Waals surface area contributed by atoms with Crippen LogP contribution in [0, 0.1) is 17.7 Å². The third kappa shape index (κ3) is 6.62. The molecule has 2 amide bonds. The molecule has 0 unspecified atom stereocenters. The number of pyridine rings is 1. The normalized spacial score (nSPS) is 19.2. The van der Waals surface area contributed by atoms with Crippen LogP contribution in [0.4, 0.5) is 26.3 Å². The van der Waals surface area contributed by atoms with Gasteiger partial charge in [0.2, 0.25) is 11.8 Å². The van der Waals surface area contributed by atoms with Gasteiger partial charge in [0.15, 0.2) is 11.5 Å². The quantitative estimate of drug-likeness (QED) is 0.336. The molecular formula is C27H28F6N6O2. The van der Waals surface area contributed by atoms with Crippen molar-refractivity contribution in [1.82, 2.24) is 24.9 Å². The van der Waals surface area contributed by atoms with Crippen molar-refractivity contribution in [3.63, 3.8) is 0 Å². The van der Waals surface area contributed by atoms with E-state index >= 15 is 4.39 Å². The molecule has 3 heterocycles. The van der Waals surface area contributed by atoms with E-state index in [0.717, 1.165) is 18.9 Å². The van der Waals surface area contributed by atoms with Gasteiger partial charge in [-0.1, -0.05) is 0 Å². The number of rotatable bonds is 9. The van der Waals surface area contributed by atoms with E-state index in [1.807, 2.05) is 0 Å². The smallest absolute Gasteiger partial charge is 0.366 e. The summed E-state index contributed by atoms with van der Waals surface area (Å²) in [5.74, 6) is -6.80. The molecule has 0 spiro atoms. The van der Waals surface area contributed by atoms with Gasteiger partial charge in [-0.25, -0.2) is 22.7 Å². The summed E-state index contributed by atoms with van der Waals surface area (Å²) in [6, 6.07) is 2.22. The molecule has 0 aromatic carbocycles. The number of primary amides is 1. The first kappa shape index (κ1) is 28.8. The number of amides is 2. The van der Waals surface area contributed by atoms with Gasteiger partial charge in [0.25, 0.3) is 5.91 Å². The van der Waals surface area contributed by atoms with E-state index < -0.39 is 73.3 Å². The van der Waals surface area contributed by atoms with E-state index in [1.165, 1.54) is 23.1 Å². The van der Waals surface area contributed by atoms with Gasteiger partial charge in [-0.3, -0.25) is 14.6 Å². The molecule has 2 fully saturated rings. The van der Waals surface area contributed by atoms with Gasteiger partial charge in [-0.15, -0.1) is 0 Å². The molecule has 220 valence electrons. The lowest BCUT2D eigenvalue weighted by molar-refractivity contribution is -0.144. The van der Waals surface area contributed by atoms with Gasteiger partial charge in [-0.2, -0.15) is 18.3 Å². The van der Waals surface area contributed by atoms with E-state index in [1.54, 1.807) is 6.07 Å². The highest BCUT2D eigenvalue weighted by molar-refractivity contribution is 5.93. The van der Waals surface area contributed by atoms with Crippen molar-refractivity contribution in [2.24, 2.45) is 17.6 Å². The molecule has 2 aliphatic rings. The molecule has 41 heavy (non-hydrogen) atoms. The van der Waals surface area contributed by atoms with Crippen LogP contribution < -0.4 is 11.1 Å². The van der Waals surface area contributed by atoms with Gasteiger partial charge in [-0.05, 0) is 55.2 Å². The number of nitrogens with zero attached hydrogens (tertiary/aromatic N) is 4. The van der Waals surface area contributed by atoms with Gasteiger partial charge < -0.3 is 11.1 Å². The zero-order chi connectivity index (χ0) is 29.5. The highest BCUT2D eigenvalue weighted by Crippen LogP contribution is 2.45. The average molecular weight is 583 g/mol. The molecule has 3 aromatic heterocycles. The van der Waals surface area contributed by atoms with Crippen LogP contribution in [-0.4, -0.2) is 43.5 Å². The monoisotopic (exact) mass is 582 g/mol. The van der Waals surface area contributed by atoms with Crippen molar-refractivity contribution in [1.29, 1.82) is 0 Å². The van der Waals surface area contributed by atoms with E-state index in [2.05, 4.69) is 20.4 Å². The van der Waals surface area contributed by atoms with Crippen LogP contribution in [-0.2, 0) is 4.79 Å². The van der Waals surface area contributed by atoms with Crippen molar-refractivity contribution in [2.45, 2.75) is 75.4 Å². The molecule has 2 aliphatic carbocycles. The number of aromatic nitrogens is 4. The van der Waals surface area contributed by atoms with Crippen molar-refractivity contribution in [3.8, 4) is 0 Å². The fraction of sp³-hybridized carbons (Fsp3) is 0.519. The first-order valence-corrected chi connectivity index (χ1v) is 13.3. The van der Waals surface area contributed by atoms with Crippen LogP contribution in [0.1, 0.15) is 90.6 Å². The van der Waals surface area contributed by atoms with E-state index in [4.69, 9.17) is 5.73 Å². The number of alkyl halides is 5. The van der Waals surface area contributed by atoms with E-state index in [9.17, 15) is 31.5 Å². The molecule has 14 heteroatoms. The second kappa shape index (κ2) is 10.9. The third-order valence-electron chi connectivity index (χ3n) is 7.79. The van der Waals surface area contributed by atoms with Gasteiger partial charge in [0.05, 0.1) is 47.7 Å². The Morgan fingerprint density at radius 3 is 2.49 bits per heavy atom. The maximum absolute atomic E-state index is 15.5. The van der Waals surface area contributed by atoms with Crippen LogP contribution in [0.3, 0.4) is 0 Å². The number of fused-ring (bicyclic) bond motifs is 1. The Morgan fingerprint density at radius 1 is 1.15 bits per heavy atom. The molecule has 0 saturated heterocycles. The standard InChI is InChI=1S/C27H28F6N6O2/c28-22-17(25(34)41)6-10-35-24(22)21(14-3-7-26(29,30)8-4-14)18-13-39-19(37-18)11-16(12-36-39)23(15-1-2-15)38-20(40)5-9-27(31,32)33/h6,10-15,21,23H,1-5,7-9H2,(H2,34,41)(H,38,40)/t21-,23+/m0/s1. The van der Waals surface area contributed by atoms with Gasteiger partial charge in [0, 0.05) is 25.5 Å². The van der Waals surface area contributed by atoms with Crippen molar-refractivity contribution < 1.29 is 35.9 Å². The van der Waals surface area contributed by atoms with Crippen molar-refractivity contribution in [2.75, 3.05) is 0 Å². The summed E-state index contributed by atoms with van der Waals surface area (Å²) in [7, 11) is 0. The van der Waals surface area contributed by atoms with Gasteiger partial charge in [0.1, 0.15) is 0 Å². The fourth-order valence-corrected chi connectivity index (χ4v) is 5.50. The van der Waals surface area contributed by atoms with Crippen molar-refractivity contribution >= 4 is 17.5 Å². The molecular weight excluding hydrogens is 554 g/mol. The molecule has 8 nitrogen and oxygen atoms in total. The number of nitrogens with two attached hydrogens (primary N) is 1. The molecule has 2 saturated carbocycles.